The molecule has 0 fully saturated rings. The minimum atomic E-state index is -4.00. The van der Waals surface area contributed by atoms with Crippen LogP contribution >= 0.6 is 0 Å². The van der Waals surface area contributed by atoms with Gasteiger partial charge in [0.25, 0.3) is 10.1 Å². The molecule has 5 heteroatoms. The van der Waals surface area contributed by atoms with Gasteiger partial charge < -0.3 is 0 Å². The Bertz CT molecular complexity index is 760. The van der Waals surface area contributed by atoms with Crippen LogP contribution in [0.4, 0.5) is 0 Å². The third-order valence-electron chi connectivity index (χ3n) is 2.64. The summed E-state index contributed by atoms with van der Waals surface area (Å²) < 4.78 is 29.2. The number of hydrogen-bond acceptors (Lipinski definition) is 3. The van der Waals surface area contributed by atoms with E-state index in [1.54, 1.807) is 30.3 Å². The fourth-order valence-electron chi connectivity index (χ4n) is 1.51. The number of rotatable bonds is 2. The molecule has 3 rings (SSSR count). The van der Waals surface area contributed by atoms with E-state index in [4.69, 9.17) is 4.55 Å². The molecule has 0 aliphatic heterocycles. The Morgan fingerprint density at radius 1 is 0.625 bits per heavy atom. The Labute approximate surface area is 142 Å². The first kappa shape index (κ1) is 19.3. The maximum absolute atomic E-state index is 10.4. The molecule has 0 aliphatic carbocycles. The average Bonchev–Trinajstić information content (AvgIpc) is 2.65. The van der Waals surface area contributed by atoms with Gasteiger partial charge in [-0.2, -0.15) is 8.42 Å². The molecule has 0 atom stereocenters. The molecular formula is C19H18O4S. The molecule has 4 nitrogen and oxygen atoms in total. The van der Waals surface area contributed by atoms with Crippen molar-refractivity contribution >= 4 is 16.4 Å². The molecule has 0 heterocycles. The van der Waals surface area contributed by atoms with Crippen LogP contribution < -0.4 is 0 Å². The molecule has 124 valence electrons. The molecule has 3 aromatic rings. The number of benzene rings is 3. The van der Waals surface area contributed by atoms with Gasteiger partial charge in [0.15, 0.2) is 0 Å². The second kappa shape index (κ2) is 10.9. The highest BCUT2D eigenvalue weighted by Gasteiger charge is 2.05. The molecule has 1 N–H and O–H groups in total. The molecule has 0 saturated heterocycles. The lowest BCUT2D eigenvalue weighted by Gasteiger charge is -1.92. The van der Waals surface area contributed by atoms with Gasteiger partial charge in [-0.15, -0.1) is 0 Å². The van der Waals surface area contributed by atoms with E-state index in [9.17, 15) is 13.2 Å². The van der Waals surface area contributed by atoms with E-state index in [2.05, 4.69) is 0 Å². The zero-order chi connectivity index (χ0) is 17.7. The summed E-state index contributed by atoms with van der Waals surface area (Å²) in [5, 5.41) is 0. The molecular weight excluding hydrogens is 324 g/mol. The highest BCUT2D eigenvalue weighted by Crippen LogP contribution is 2.05. The smallest absolute Gasteiger partial charge is 0.294 e. The zero-order valence-electron chi connectivity index (χ0n) is 12.9. The molecule has 0 unspecified atom stereocenters. The lowest BCUT2D eigenvalue weighted by molar-refractivity contribution is 0.112. The standard InChI is InChI=1S/C7H6O.C6H6O3S.C6H6/c8-6-7-4-2-1-3-5-7;7-10(8,9)6-4-2-1-3-5-6;1-2-4-6-5-3-1/h1-6H;1-5H,(H,7,8,9);1-6H. The van der Waals surface area contributed by atoms with Crippen LogP contribution in [0.25, 0.3) is 0 Å². The van der Waals surface area contributed by atoms with Crippen molar-refractivity contribution in [1.29, 1.82) is 0 Å². The summed E-state index contributed by atoms with van der Waals surface area (Å²) in [6, 6.07) is 28.5. The van der Waals surface area contributed by atoms with Crippen molar-refractivity contribution in [1.82, 2.24) is 0 Å². The molecule has 0 aromatic heterocycles. The van der Waals surface area contributed by atoms with Gasteiger partial charge in [-0.25, -0.2) is 0 Å². The van der Waals surface area contributed by atoms with E-state index >= 15 is 0 Å². The van der Waals surface area contributed by atoms with Gasteiger partial charge >= 0.3 is 0 Å². The van der Waals surface area contributed by atoms with Gasteiger partial charge in [0.05, 0.1) is 4.90 Å². The van der Waals surface area contributed by atoms with E-state index in [-0.39, 0.29) is 4.90 Å². The second-order valence-corrected chi connectivity index (χ2v) is 5.89. The SMILES string of the molecule is O=Cc1ccccc1.O=S(=O)(O)c1ccccc1.c1ccccc1. The van der Waals surface area contributed by atoms with Crippen molar-refractivity contribution in [3.63, 3.8) is 0 Å². The lowest BCUT2D eigenvalue weighted by Crippen LogP contribution is -1.96. The third kappa shape index (κ3) is 8.63. The van der Waals surface area contributed by atoms with E-state index in [1.807, 2.05) is 54.6 Å². The van der Waals surface area contributed by atoms with E-state index in [1.165, 1.54) is 12.1 Å². The van der Waals surface area contributed by atoms with Crippen LogP contribution in [0.1, 0.15) is 10.4 Å². The molecule has 24 heavy (non-hydrogen) atoms. The Morgan fingerprint density at radius 2 is 0.958 bits per heavy atom. The topological polar surface area (TPSA) is 71.4 Å². The predicted molar refractivity (Wildman–Crippen MR) is 94.5 cm³/mol. The third-order valence-corrected chi connectivity index (χ3v) is 3.51. The molecule has 0 radical (unpaired) electrons. The monoisotopic (exact) mass is 342 g/mol. The van der Waals surface area contributed by atoms with Crippen molar-refractivity contribution in [3.05, 3.63) is 103 Å². The second-order valence-electron chi connectivity index (χ2n) is 4.47. The Balaban J connectivity index is 0.000000186. The highest BCUT2D eigenvalue weighted by atomic mass is 32.2. The summed E-state index contributed by atoms with van der Waals surface area (Å²) in [6.07, 6.45) is 0.833. The maximum atomic E-state index is 10.4. The maximum Gasteiger partial charge on any atom is 0.294 e. The quantitative estimate of drug-likeness (QED) is 0.562. The van der Waals surface area contributed by atoms with E-state index in [0.29, 0.717) is 0 Å². The largest absolute Gasteiger partial charge is 0.298 e. The van der Waals surface area contributed by atoms with Crippen molar-refractivity contribution in [2.75, 3.05) is 0 Å². The van der Waals surface area contributed by atoms with Crippen molar-refractivity contribution in [2.24, 2.45) is 0 Å². The van der Waals surface area contributed by atoms with Crippen molar-refractivity contribution < 1.29 is 17.8 Å². The van der Waals surface area contributed by atoms with Gasteiger partial charge in [0.2, 0.25) is 0 Å². The summed E-state index contributed by atoms with van der Waals surface area (Å²) in [5.74, 6) is 0. The summed E-state index contributed by atoms with van der Waals surface area (Å²) >= 11 is 0. The van der Waals surface area contributed by atoms with Crippen LogP contribution in [0.2, 0.25) is 0 Å². The summed E-state index contributed by atoms with van der Waals surface area (Å²) in [5.41, 5.74) is 0.729. The van der Waals surface area contributed by atoms with Crippen LogP contribution in [-0.2, 0) is 10.1 Å². The Morgan fingerprint density at radius 3 is 1.21 bits per heavy atom. The van der Waals surface area contributed by atoms with Crippen molar-refractivity contribution in [2.45, 2.75) is 4.90 Å². The predicted octanol–water partition coefficient (Wildman–Crippen LogP) is 4.12. The van der Waals surface area contributed by atoms with Gasteiger partial charge in [0, 0.05) is 5.56 Å². The number of carbonyl (C=O) groups is 1. The van der Waals surface area contributed by atoms with Crippen LogP contribution in [0.5, 0.6) is 0 Å². The van der Waals surface area contributed by atoms with Crippen LogP contribution in [0.15, 0.2) is 102 Å². The lowest BCUT2D eigenvalue weighted by atomic mass is 10.2. The molecule has 0 saturated carbocycles. The van der Waals surface area contributed by atoms with Crippen molar-refractivity contribution in [3.8, 4) is 0 Å². The van der Waals surface area contributed by atoms with E-state index in [0.717, 1.165) is 11.8 Å². The fourth-order valence-corrected chi connectivity index (χ4v) is 2.01. The number of hydrogen-bond donors (Lipinski definition) is 1. The first-order chi connectivity index (χ1) is 11.5. The zero-order valence-corrected chi connectivity index (χ0v) is 13.7. The first-order valence-corrected chi connectivity index (χ1v) is 8.51. The highest BCUT2D eigenvalue weighted by molar-refractivity contribution is 7.85. The molecule has 0 aliphatic rings. The van der Waals surface area contributed by atoms with Crippen LogP contribution in [-0.4, -0.2) is 19.3 Å². The van der Waals surface area contributed by atoms with Crippen LogP contribution in [0, 0.1) is 0 Å². The Kier molecular flexibility index (Phi) is 8.74. The Hall–Kier alpha value is -2.76. The normalized spacial score (nSPS) is 9.54. The molecule has 0 bridgehead atoms. The van der Waals surface area contributed by atoms with Gasteiger partial charge in [-0.05, 0) is 12.1 Å². The fraction of sp³-hybridized carbons (Fsp3) is 0. The first-order valence-electron chi connectivity index (χ1n) is 7.07. The molecule has 0 spiro atoms. The van der Waals surface area contributed by atoms with Crippen LogP contribution in [0.3, 0.4) is 0 Å². The van der Waals surface area contributed by atoms with E-state index < -0.39 is 10.1 Å². The van der Waals surface area contributed by atoms with Gasteiger partial charge in [-0.1, -0.05) is 84.9 Å². The van der Waals surface area contributed by atoms with Gasteiger partial charge in [0.1, 0.15) is 6.29 Å². The number of carbonyl (C=O) groups excluding carboxylic acids is 1. The summed E-state index contributed by atoms with van der Waals surface area (Å²) in [6.45, 7) is 0. The summed E-state index contributed by atoms with van der Waals surface area (Å²) in [4.78, 5) is 9.93. The molecule has 3 aromatic carbocycles. The number of aldehydes is 1. The molecule has 0 amide bonds. The van der Waals surface area contributed by atoms with Gasteiger partial charge in [-0.3, -0.25) is 9.35 Å². The minimum Gasteiger partial charge on any atom is -0.298 e. The minimum absolute atomic E-state index is 0.0741. The average molecular weight is 342 g/mol. The summed E-state index contributed by atoms with van der Waals surface area (Å²) in [7, 11) is -4.00.